The van der Waals surface area contributed by atoms with Crippen LogP contribution in [0.2, 0.25) is 5.02 Å². The first kappa shape index (κ1) is 14.2. The van der Waals surface area contributed by atoms with Crippen LogP contribution < -0.4 is 10.6 Å². The molecule has 19 heavy (non-hydrogen) atoms. The molecule has 1 aliphatic heterocycles. The summed E-state index contributed by atoms with van der Waals surface area (Å²) in [5, 5.41) is 5.97. The quantitative estimate of drug-likeness (QED) is 0.892. The molecule has 1 amide bonds. The van der Waals surface area contributed by atoms with Crippen molar-refractivity contribution in [3.8, 4) is 0 Å². The highest BCUT2D eigenvalue weighted by atomic mass is 35.5. The number of carbonyl (C=O) groups excluding carboxylic acids is 1. The summed E-state index contributed by atoms with van der Waals surface area (Å²) in [4.78, 5) is 11.6. The summed E-state index contributed by atoms with van der Waals surface area (Å²) in [5.74, 6) is -0.914. The van der Waals surface area contributed by atoms with Gasteiger partial charge in [-0.3, -0.25) is 4.79 Å². The predicted octanol–water partition coefficient (Wildman–Crippen LogP) is 2.19. The van der Waals surface area contributed by atoms with Gasteiger partial charge in [-0.05, 0) is 44.1 Å². The summed E-state index contributed by atoms with van der Waals surface area (Å²) in [6.07, 6.45) is 1.88. The van der Waals surface area contributed by atoms with Gasteiger partial charge in [0, 0.05) is 5.02 Å². The lowest BCUT2D eigenvalue weighted by molar-refractivity contribution is -0.123. The van der Waals surface area contributed by atoms with E-state index >= 15 is 0 Å². The normalized spacial score (nSPS) is 16.3. The van der Waals surface area contributed by atoms with Crippen LogP contribution in [-0.2, 0) is 9.53 Å². The predicted molar refractivity (Wildman–Crippen MR) is 71.9 cm³/mol. The lowest BCUT2D eigenvalue weighted by Crippen LogP contribution is -2.34. The minimum Gasteiger partial charge on any atom is -0.368 e. The van der Waals surface area contributed by atoms with Gasteiger partial charge in [0.15, 0.2) is 0 Å². The summed E-state index contributed by atoms with van der Waals surface area (Å²) < 4.78 is 18.9. The van der Waals surface area contributed by atoms with Crippen molar-refractivity contribution in [2.24, 2.45) is 0 Å². The molecular formula is C13H16ClFN2O2. The van der Waals surface area contributed by atoms with E-state index in [-0.39, 0.29) is 24.3 Å². The molecule has 0 atom stereocenters. The van der Waals surface area contributed by atoms with Crippen LogP contribution in [0, 0.1) is 5.82 Å². The number of amides is 1. The highest BCUT2D eigenvalue weighted by Gasteiger charge is 2.15. The molecular weight excluding hydrogens is 271 g/mol. The lowest BCUT2D eigenvalue weighted by atomic mass is 10.1. The van der Waals surface area contributed by atoms with Gasteiger partial charge in [-0.2, -0.15) is 0 Å². The first-order valence-corrected chi connectivity index (χ1v) is 6.60. The minimum atomic E-state index is -0.553. The number of rotatable bonds is 4. The zero-order chi connectivity index (χ0) is 13.7. The molecule has 0 spiro atoms. The molecule has 0 aromatic heterocycles. The van der Waals surface area contributed by atoms with E-state index in [1.165, 1.54) is 12.1 Å². The molecule has 0 saturated carbocycles. The molecule has 104 valence electrons. The molecule has 0 unspecified atom stereocenters. The largest absolute Gasteiger partial charge is 0.368 e. The molecule has 1 heterocycles. The van der Waals surface area contributed by atoms with Crippen LogP contribution in [0.5, 0.6) is 0 Å². The molecule has 1 saturated heterocycles. The second kappa shape index (κ2) is 6.84. The van der Waals surface area contributed by atoms with Crippen LogP contribution in [0.4, 0.5) is 10.1 Å². The van der Waals surface area contributed by atoms with Crippen LogP contribution in [-0.4, -0.2) is 31.7 Å². The molecule has 1 aromatic rings. The number of piperidine rings is 1. The number of hydrogen-bond donors (Lipinski definition) is 2. The summed E-state index contributed by atoms with van der Waals surface area (Å²) in [5.41, 5.74) is 0.114. The van der Waals surface area contributed by atoms with Gasteiger partial charge in [0.1, 0.15) is 12.4 Å². The van der Waals surface area contributed by atoms with Crippen LogP contribution in [0.1, 0.15) is 12.8 Å². The van der Waals surface area contributed by atoms with E-state index in [1.807, 2.05) is 0 Å². The number of carbonyl (C=O) groups is 1. The smallest absolute Gasteiger partial charge is 0.250 e. The fourth-order valence-corrected chi connectivity index (χ4v) is 2.09. The van der Waals surface area contributed by atoms with Crippen molar-refractivity contribution in [3.63, 3.8) is 0 Å². The van der Waals surface area contributed by atoms with Gasteiger partial charge in [0.05, 0.1) is 11.8 Å². The maximum absolute atomic E-state index is 13.5. The maximum Gasteiger partial charge on any atom is 0.250 e. The molecule has 1 aromatic carbocycles. The number of nitrogens with one attached hydrogen (secondary N) is 2. The third-order valence-electron chi connectivity index (χ3n) is 2.94. The second-order valence-corrected chi connectivity index (χ2v) is 4.87. The monoisotopic (exact) mass is 286 g/mol. The highest BCUT2D eigenvalue weighted by Crippen LogP contribution is 2.18. The van der Waals surface area contributed by atoms with Crippen molar-refractivity contribution in [3.05, 3.63) is 29.0 Å². The number of halogens is 2. The Morgan fingerprint density at radius 1 is 1.47 bits per heavy atom. The Kier molecular flexibility index (Phi) is 5.13. The summed E-state index contributed by atoms with van der Waals surface area (Å²) >= 11 is 5.63. The van der Waals surface area contributed by atoms with E-state index in [0.29, 0.717) is 5.02 Å². The Balaban J connectivity index is 1.80. The fourth-order valence-electron chi connectivity index (χ4n) is 1.93. The van der Waals surface area contributed by atoms with Gasteiger partial charge < -0.3 is 15.4 Å². The summed E-state index contributed by atoms with van der Waals surface area (Å²) in [7, 11) is 0. The Hall–Kier alpha value is -1.17. The van der Waals surface area contributed by atoms with Gasteiger partial charge in [-0.25, -0.2) is 4.39 Å². The third-order valence-corrected chi connectivity index (χ3v) is 3.18. The maximum atomic E-state index is 13.5. The Bertz CT molecular complexity index is 450. The van der Waals surface area contributed by atoms with Crippen molar-refractivity contribution in [1.82, 2.24) is 5.32 Å². The zero-order valence-corrected chi connectivity index (χ0v) is 11.2. The van der Waals surface area contributed by atoms with E-state index in [0.717, 1.165) is 32.0 Å². The minimum absolute atomic E-state index is 0.0628. The Morgan fingerprint density at radius 3 is 2.89 bits per heavy atom. The topological polar surface area (TPSA) is 50.4 Å². The van der Waals surface area contributed by atoms with Crippen LogP contribution in [0.15, 0.2) is 18.2 Å². The molecule has 0 radical (unpaired) electrons. The number of benzene rings is 1. The fraction of sp³-hybridized carbons (Fsp3) is 0.462. The van der Waals surface area contributed by atoms with E-state index in [1.54, 1.807) is 0 Å². The van der Waals surface area contributed by atoms with E-state index in [4.69, 9.17) is 16.3 Å². The average Bonchev–Trinajstić information content (AvgIpc) is 2.41. The van der Waals surface area contributed by atoms with Crippen molar-refractivity contribution < 1.29 is 13.9 Å². The third kappa shape index (κ3) is 4.45. The standard InChI is InChI=1S/C13H16ClFN2O2/c14-9-1-2-12(11(15)7-9)17-13(18)8-19-10-3-5-16-6-4-10/h1-2,7,10,16H,3-6,8H2,(H,17,18). The lowest BCUT2D eigenvalue weighted by Gasteiger charge is -2.22. The molecule has 6 heteroatoms. The number of anilines is 1. The van der Waals surface area contributed by atoms with E-state index in [2.05, 4.69) is 10.6 Å². The first-order chi connectivity index (χ1) is 9.15. The first-order valence-electron chi connectivity index (χ1n) is 6.22. The van der Waals surface area contributed by atoms with Crippen molar-refractivity contribution >= 4 is 23.2 Å². The molecule has 0 aliphatic carbocycles. The van der Waals surface area contributed by atoms with Gasteiger partial charge in [-0.1, -0.05) is 11.6 Å². The Labute approximate surface area is 116 Å². The van der Waals surface area contributed by atoms with Crippen LogP contribution >= 0.6 is 11.6 Å². The van der Waals surface area contributed by atoms with Gasteiger partial charge in [-0.15, -0.1) is 0 Å². The van der Waals surface area contributed by atoms with Crippen molar-refractivity contribution in [2.75, 3.05) is 25.0 Å². The van der Waals surface area contributed by atoms with Crippen molar-refractivity contribution in [2.45, 2.75) is 18.9 Å². The van der Waals surface area contributed by atoms with Crippen LogP contribution in [0.25, 0.3) is 0 Å². The average molecular weight is 287 g/mol. The second-order valence-electron chi connectivity index (χ2n) is 4.43. The van der Waals surface area contributed by atoms with Gasteiger partial charge in [0.2, 0.25) is 5.91 Å². The molecule has 1 aliphatic rings. The molecule has 4 nitrogen and oxygen atoms in total. The van der Waals surface area contributed by atoms with Crippen molar-refractivity contribution in [1.29, 1.82) is 0 Å². The van der Waals surface area contributed by atoms with E-state index < -0.39 is 5.82 Å². The molecule has 1 fully saturated rings. The van der Waals surface area contributed by atoms with Gasteiger partial charge in [0.25, 0.3) is 0 Å². The highest BCUT2D eigenvalue weighted by molar-refractivity contribution is 6.30. The van der Waals surface area contributed by atoms with Gasteiger partial charge >= 0.3 is 0 Å². The van der Waals surface area contributed by atoms with Crippen LogP contribution in [0.3, 0.4) is 0 Å². The molecule has 0 bridgehead atoms. The summed E-state index contributed by atoms with van der Waals surface area (Å²) in [6, 6.07) is 4.11. The molecule has 2 rings (SSSR count). The summed E-state index contributed by atoms with van der Waals surface area (Å²) in [6.45, 7) is 1.74. The Morgan fingerprint density at radius 2 is 2.21 bits per heavy atom. The molecule has 2 N–H and O–H groups in total. The number of ether oxygens (including phenoxy) is 1. The zero-order valence-electron chi connectivity index (χ0n) is 10.4. The number of hydrogen-bond acceptors (Lipinski definition) is 3. The van der Waals surface area contributed by atoms with E-state index in [9.17, 15) is 9.18 Å². The SMILES string of the molecule is O=C(COC1CCNCC1)Nc1ccc(Cl)cc1F.